The summed E-state index contributed by atoms with van der Waals surface area (Å²) in [6.45, 7) is 7.27. The summed E-state index contributed by atoms with van der Waals surface area (Å²) in [6.07, 6.45) is 8.51. The molecule has 0 aromatic carbocycles. The smallest absolute Gasteiger partial charge is 0.322 e. The Bertz CT molecular complexity index is 1380. The lowest BCUT2D eigenvalue weighted by Crippen LogP contribution is -2.57. The van der Waals surface area contributed by atoms with Gasteiger partial charge in [-0.3, -0.25) is 19.1 Å². The van der Waals surface area contributed by atoms with Gasteiger partial charge in [0, 0.05) is 25.7 Å². The SMILES string of the molecule is CCn1nccc1C(=O)N[C@H](c1cn2nc(CC3(C(=O)OC)C(=O)NCCC3C)ccc2n1)C1CCC(C)CC1. The maximum absolute atomic E-state index is 13.4. The van der Waals surface area contributed by atoms with E-state index in [2.05, 4.69) is 22.7 Å². The molecule has 4 heterocycles. The van der Waals surface area contributed by atoms with Crippen molar-refractivity contribution >= 4 is 23.4 Å². The molecule has 1 aliphatic carbocycles. The Labute approximate surface area is 234 Å². The molecule has 2 N–H and O–H groups in total. The van der Waals surface area contributed by atoms with Crippen LogP contribution in [-0.2, 0) is 27.3 Å². The van der Waals surface area contributed by atoms with E-state index >= 15 is 0 Å². The zero-order chi connectivity index (χ0) is 28.4. The highest BCUT2D eigenvalue weighted by Gasteiger charge is 2.53. The Hall–Kier alpha value is -3.76. The number of nitrogens with one attached hydrogen (secondary N) is 2. The van der Waals surface area contributed by atoms with Crippen LogP contribution in [0.5, 0.6) is 0 Å². The summed E-state index contributed by atoms with van der Waals surface area (Å²) in [5.41, 5.74) is 1.15. The maximum atomic E-state index is 13.4. The monoisotopic (exact) mass is 549 g/mol. The normalized spacial score (nSPS) is 25.8. The van der Waals surface area contributed by atoms with Crippen LogP contribution in [0, 0.1) is 23.2 Å². The highest BCUT2D eigenvalue weighted by Crippen LogP contribution is 2.39. The van der Waals surface area contributed by atoms with Gasteiger partial charge in [0.1, 0.15) is 5.69 Å². The summed E-state index contributed by atoms with van der Waals surface area (Å²) in [6, 6.07) is 5.10. The van der Waals surface area contributed by atoms with Gasteiger partial charge in [0.2, 0.25) is 5.91 Å². The van der Waals surface area contributed by atoms with Crippen molar-refractivity contribution in [3.8, 4) is 0 Å². The average molecular weight is 550 g/mol. The molecule has 0 bridgehead atoms. The molecule has 2 fully saturated rings. The molecule has 2 aliphatic rings. The highest BCUT2D eigenvalue weighted by atomic mass is 16.5. The minimum absolute atomic E-state index is 0.123. The quantitative estimate of drug-likeness (QED) is 0.326. The molecule has 214 valence electrons. The number of amides is 2. The first kappa shape index (κ1) is 27.8. The third kappa shape index (κ3) is 5.09. The van der Waals surface area contributed by atoms with Crippen molar-refractivity contribution in [2.24, 2.45) is 23.2 Å². The molecule has 11 heteroatoms. The van der Waals surface area contributed by atoms with Gasteiger partial charge in [-0.05, 0) is 62.1 Å². The molecule has 1 saturated carbocycles. The zero-order valence-electron chi connectivity index (χ0n) is 23.7. The predicted molar refractivity (Wildman–Crippen MR) is 147 cm³/mol. The molecule has 40 heavy (non-hydrogen) atoms. The van der Waals surface area contributed by atoms with Crippen LogP contribution >= 0.6 is 0 Å². The van der Waals surface area contributed by atoms with Crippen LogP contribution in [0.15, 0.2) is 30.6 Å². The number of imidazole rings is 1. The number of carbonyl (C=O) groups is 3. The molecular weight excluding hydrogens is 510 g/mol. The second-order valence-electron chi connectivity index (χ2n) is 11.4. The molecule has 2 amide bonds. The van der Waals surface area contributed by atoms with Gasteiger partial charge in [-0.1, -0.05) is 26.7 Å². The topological polar surface area (TPSA) is 133 Å². The Kier molecular flexibility index (Phi) is 7.91. The maximum Gasteiger partial charge on any atom is 0.322 e. The molecule has 0 radical (unpaired) electrons. The van der Waals surface area contributed by atoms with E-state index in [1.54, 1.807) is 27.5 Å². The number of aryl methyl sites for hydroxylation is 1. The summed E-state index contributed by atoms with van der Waals surface area (Å²) in [5.74, 6) is -0.337. The number of ether oxygens (including phenoxy) is 1. The molecular formula is C29H39N7O4. The molecule has 3 atom stereocenters. The van der Waals surface area contributed by atoms with Crippen molar-refractivity contribution in [2.75, 3.05) is 13.7 Å². The third-order valence-corrected chi connectivity index (χ3v) is 8.90. The van der Waals surface area contributed by atoms with Crippen LogP contribution in [0.4, 0.5) is 0 Å². The Morgan fingerprint density at radius 3 is 2.65 bits per heavy atom. The molecule has 3 aromatic heterocycles. The fraction of sp³-hybridized carbons (Fsp3) is 0.586. The van der Waals surface area contributed by atoms with Crippen molar-refractivity contribution in [3.05, 3.63) is 47.7 Å². The van der Waals surface area contributed by atoms with Gasteiger partial charge in [-0.2, -0.15) is 10.2 Å². The van der Waals surface area contributed by atoms with E-state index in [1.165, 1.54) is 7.11 Å². The summed E-state index contributed by atoms with van der Waals surface area (Å²) in [7, 11) is 1.31. The molecule has 1 aliphatic heterocycles. The van der Waals surface area contributed by atoms with E-state index in [4.69, 9.17) is 14.8 Å². The number of fused-ring (bicyclic) bond motifs is 1. The summed E-state index contributed by atoms with van der Waals surface area (Å²) >= 11 is 0. The first-order valence-corrected chi connectivity index (χ1v) is 14.3. The fourth-order valence-electron chi connectivity index (χ4n) is 6.35. The van der Waals surface area contributed by atoms with Crippen molar-refractivity contribution in [1.29, 1.82) is 0 Å². The van der Waals surface area contributed by atoms with Crippen LogP contribution < -0.4 is 10.6 Å². The summed E-state index contributed by atoms with van der Waals surface area (Å²) in [5, 5.41) is 15.1. The van der Waals surface area contributed by atoms with Crippen molar-refractivity contribution in [3.63, 3.8) is 0 Å². The van der Waals surface area contributed by atoms with Crippen LogP contribution in [-0.4, -0.2) is 55.8 Å². The van der Waals surface area contributed by atoms with Crippen molar-refractivity contribution in [1.82, 2.24) is 35.0 Å². The van der Waals surface area contributed by atoms with Gasteiger partial charge in [-0.15, -0.1) is 0 Å². The van der Waals surface area contributed by atoms with E-state index < -0.39 is 11.4 Å². The average Bonchev–Trinajstić information content (AvgIpc) is 3.61. The molecule has 3 aromatic rings. The van der Waals surface area contributed by atoms with Crippen LogP contribution in [0.25, 0.3) is 5.65 Å². The van der Waals surface area contributed by atoms with Gasteiger partial charge < -0.3 is 15.4 Å². The van der Waals surface area contributed by atoms with Crippen LogP contribution in [0.2, 0.25) is 0 Å². The molecule has 0 spiro atoms. The standard InChI is InChI=1S/C29H39N7O4/c1-5-35-23(13-15-31-35)26(37)33-25(20-8-6-18(2)7-9-20)22-17-36-24(32-22)11-10-21(34-36)16-29(28(39)40-4)19(3)12-14-30-27(29)38/h10-11,13,15,17-20,25H,5-9,12,14,16H2,1-4H3,(H,30,38)(H,33,37)/t18?,19?,20?,25-,29?/m0/s1. The fourth-order valence-corrected chi connectivity index (χ4v) is 6.35. The number of hydrogen-bond acceptors (Lipinski definition) is 7. The van der Waals surface area contributed by atoms with Crippen molar-refractivity contribution < 1.29 is 19.1 Å². The first-order chi connectivity index (χ1) is 19.3. The van der Waals surface area contributed by atoms with Gasteiger partial charge in [0.15, 0.2) is 11.1 Å². The van der Waals surface area contributed by atoms with E-state index in [1.807, 2.05) is 26.1 Å². The van der Waals surface area contributed by atoms with E-state index in [0.29, 0.717) is 42.5 Å². The molecule has 11 nitrogen and oxygen atoms in total. The number of carbonyl (C=O) groups excluding carboxylic acids is 3. The number of methoxy groups -OCH3 is 1. The summed E-state index contributed by atoms with van der Waals surface area (Å²) < 4.78 is 8.46. The minimum Gasteiger partial charge on any atom is -0.468 e. The van der Waals surface area contributed by atoms with Crippen LogP contribution in [0.1, 0.15) is 80.8 Å². The second-order valence-corrected chi connectivity index (χ2v) is 11.4. The molecule has 5 rings (SSSR count). The lowest BCUT2D eigenvalue weighted by atomic mass is 9.68. The molecule has 2 unspecified atom stereocenters. The van der Waals surface area contributed by atoms with Gasteiger partial charge >= 0.3 is 5.97 Å². The number of aromatic nitrogens is 5. The Balaban J connectivity index is 1.46. The number of rotatable bonds is 8. The lowest BCUT2D eigenvalue weighted by Gasteiger charge is -2.38. The lowest BCUT2D eigenvalue weighted by molar-refractivity contribution is -0.165. The Morgan fingerprint density at radius 1 is 1.18 bits per heavy atom. The second kappa shape index (κ2) is 11.4. The molecule has 1 saturated heterocycles. The highest BCUT2D eigenvalue weighted by molar-refractivity contribution is 6.03. The van der Waals surface area contributed by atoms with Gasteiger partial charge in [-0.25, -0.2) is 9.50 Å². The van der Waals surface area contributed by atoms with E-state index in [0.717, 1.165) is 31.4 Å². The largest absolute Gasteiger partial charge is 0.468 e. The number of piperidine rings is 1. The summed E-state index contributed by atoms with van der Waals surface area (Å²) in [4.78, 5) is 44.2. The number of esters is 1. The van der Waals surface area contributed by atoms with Crippen molar-refractivity contribution in [2.45, 2.75) is 71.9 Å². The van der Waals surface area contributed by atoms with Gasteiger partial charge in [0.25, 0.3) is 5.91 Å². The first-order valence-electron chi connectivity index (χ1n) is 14.3. The Morgan fingerprint density at radius 2 is 1.95 bits per heavy atom. The predicted octanol–water partition coefficient (Wildman–Crippen LogP) is 3.10. The van der Waals surface area contributed by atoms with E-state index in [-0.39, 0.29) is 36.1 Å². The van der Waals surface area contributed by atoms with Crippen LogP contribution in [0.3, 0.4) is 0 Å². The number of nitrogens with zero attached hydrogens (tertiary/aromatic N) is 5. The zero-order valence-corrected chi connectivity index (χ0v) is 23.7. The third-order valence-electron chi connectivity index (χ3n) is 8.90. The number of hydrogen-bond donors (Lipinski definition) is 2. The minimum atomic E-state index is -1.34. The van der Waals surface area contributed by atoms with Gasteiger partial charge in [0.05, 0.1) is 30.7 Å². The van der Waals surface area contributed by atoms with E-state index in [9.17, 15) is 14.4 Å².